The fourth-order valence-corrected chi connectivity index (χ4v) is 3.26. The zero-order valence-electron chi connectivity index (χ0n) is 15.9. The predicted molar refractivity (Wildman–Crippen MR) is 112 cm³/mol. The topological polar surface area (TPSA) is 144 Å². The first kappa shape index (κ1) is 19.7. The van der Waals surface area contributed by atoms with Gasteiger partial charge >= 0.3 is 0 Å². The number of para-hydroxylation sites is 1. The summed E-state index contributed by atoms with van der Waals surface area (Å²) in [7, 11) is 0. The van der Waals surface area contributed by atoms with Crippen molar-refractivity contribution in [2.75, 3.05) is 0 Å². The Balaban J connectivity index is 1.76. The maximum absolute atomic E-state index is 12.9. The number of nitro benzene ring substituents is 2. The molecule has 0 radical (unpaired) electrons. The average Bonchev–Trinajstić information content (AvgIpc) is 3.20. The number of nitro groups is 2. The highest BCUT2D eigenvalue weighted by molar-refractivity contribution is 5.98. The molecule has 1 amide bonds. The molecule has 4 aromatic rings. The van der Waals surface area contributed by atoms with Gasteiger partial charge in [-0.15, -0.1) is 0 Å². The lowest BCUT2D eigenvalue weighted by atomic mass is 10.1. The van der Waals surface area contributed by atoms with Gasteiger partial charge in [-0.3, -0.25) is 25.0 Å². The molecule has 10 nitrogen and oxygen atoms in total. The molecule has 0 bridgehead atoms. The zero-order chi connectivity index (χ0) is 22.0. The molecule has 0 aliphatic carbocycles. The number of aromatic amines is 1. The number of fused-ring (bicyclic) bond motifs is 1. The van der Waals surface area contributed by atoms with E-state index in [1.165, 1.54) is 36.4 Å². The maximum Gasteiger partial charge on any atom is 0.282 e. The van der Waals surface area contributed by atoms with Crippen LogP contribution in [-0.2, 0) is 0 Å². The van der Waals surface area contributed by atoms with Crippen molar-refractivity contribution in [3.8, 4) is 0 Å². The Hall–Kier alpha value is -4.60. The molecule has 0 saturated carbocycles. The van der Waals surface area contributed by atoms with Gasteiger partial charge in [-0.05, 0) is 17.7 Å². The van der Waals surface area contributed by atoms with Crippen molar-refractivity contribution in [2.45, 2.75) is 6.04 Å². The van der Waals surface area contributed by atoms with Gasteiger partial charge in [0.2, 0.25) is 0 Å². The Morgan fingerprint density at radius 3 is 2.35 bits per heavy atom. The first-order valence-electron chi connectivity index (χ1n) is 9.17. The number of amides is 1. The van der Waals surface area contributed by atoms with Crippen LogP contribution in [0.25, 0.3) is 11.0 Å². The van der Waals surface area contributed by atoms with Crippen LogP contribution in [-0.4, -0.2) is 25.7 Å². The molecule has 0 fully saturated rings. The second kappa shape index (κ2) is 8.03. The van der Waals surface area contributed by atoms with Crippen LogP contribution in [0.3, 0.4) is 0 Å². The Morgan fingerprint density at radius 1 is 0.935 bits per heavy atom. The Labute approximate surface area is 174 Å². The predicted octanol–water partition coefficient (Wildman–Crippen LogP) is 3.90. The first-order valence-corrected chi connectivity index (χ1v) is 9.17. The van der Waals surface area contributed by atoms with Gasteiger partial charge in [-0.2, -0.15) is 0 Å². The monoisotopic (exact) mass is 417 g/mol. The molecule has 4 rings (SSSR count). The van der Waals surface area contributed by atoms with E-state index in [0.29, 0.717) is 22.4 Å². The molecule has 1 unspecified atom stereocenters. The lowest BCUT2D eigenvalue weighted by molar-refractivity contribution is -0.385. The number of benzene rings is 3. The summed E-state index contributed by atoms with van der Waals surface area (Å²) in [5, 5.41) is 25.2. The minimum atomic E-state index is -0.764. The fourth-order valence-electron chi connectivity index (χ4n) is 3.26. The number of carbonyl (C=O) groups is 1. The molecule has 3 aromatic carbocycles. The first-order chi connectivity index (χ1) is 14.9. The number of non-ortho nitro benzene ring substituents is 1. The van der Waals surface area contributed by atoms with Crippen molar-refractivity contribution in [3.63, 3.8) is 0 Å². The molecule has 31 heavy (non-hydrogen) atoms. The summed E-state index contributed by atoms with van der Waals surface area (Å²) >= 11 is 0. The number of hydrogen-bond donors (Lipinski definition) is 2. The number of aromatic nitrogens is 2. The van der Waals surface area contributed by atoms with Crippen LogP contribution in [0.5, 0.6) is 0 Å². The summed E-state index contributed by atoms with van der Waals surface area (Å²) in [5.41, 5.74) is 1.12. The SMILES string of the molecule is O=C(NC(c1ccccc1)c1nc2ccc([N+](=O)[O-])cc2[nH]1)c1ccccc1[N+](=O)[O-]. The lowest BCUT2D eigenvalue weighted by Gasteiger charge is -2.17. The molecule has 0 aliphatic heterocycles. The van der Waals surface area contributed by atoms with E-state index in [1.807, 2.05) is 6.07 Å². The molecule has 2 N–H and O–H groups in total. The summed E-state index contributed by atoms with van der Waals surface area (Å²) in [6, 6.07) is 18.0. The van der Waals surface area contributed by atoms with E-state index in [-0.39, 0.29) is 16.9 Å². The van der Waals surface area contributed by atoms with Crippen molar-refractivity contribution in [1.82, 2.24) is 15.3 Å². The van der Waals surface area contributed by atoms with Gasteiger partial charge < -0.3 is 10.3 Å². The molecule has 10 heteroatoms. The van der Waals surface area contributed by atoms with Crippen molar-refractivity contribution in [2.24, 2.45) is 0 Å². The largest absolute Gasteiger partial charge is 0.340 e. The highest BCUT2D eigenvalue weighted by Crippen LogP contribution is 2.26. The van der Waals surface area contributed by atoms with Crippen LogP contribution in [0, 0.1) is 20.2 Å². The number of hydrogen-bond acceptors (Lipinski definition) is 6. The van der Waals surface area contributed by atoms with E-state index in [2.05, 4.69) is 15.3 Å². The Bertz CT molecular complexity index is 1300. The van der Waals surface area contributed by atoms with Gasteiger partial charge in [0, 0.05) is 18.2 Å². The second-order valence-corrected chi connectivity index (χ2v) is 6.67. The van der Waals surface area contributed by atoms with Gasteiger partial charge in [0.1, 0.15) is 17.4 Å². The highest BCUT2D eigenvalue weighted by atomic mass is 16.6. The number of rotatable bonds is 6. The average molecular weight is 417 g/mol. The third kappa shape index (κ3) is 3.94. The molecule has 1 atom stereocenters. The van der Waals surface area contributed by atoms with E-state index >= 15 is 0 Å². The van der Waals surface area contributed by atoms with Crippen molar-refractivity contribution < 1.29 is 14.6 Å². The molecule has 1 aromatic heterocycles. The number of carbonyl (C=O) groups excluding carboxylic acids is 1. The number of H-pyrrole nitrogens is 1. The second-order valence-electron chi connectivity index (χ2n) is 6.67. The molecular weight excluding hydrogens is 402 g/mol. The maximum atomic E-state index is 12.9. The molecule has 154 valence electrons. The van der Waals surface area contributed by atoms with Crippen LogP contribution < -0.4 is 5.32 Å². The van der Waals surface area contributed by atoms with E-state index in [9.17, 15) is 25.0 Å². The minimum absolute atomic E-state index is 0.0832. The molecule has 1 heterocycles. The fraction of sp³-hybridized carbons (Fsp3) is 0.0476. The van der Waals surface area contributed by atoms with E-state index in [0.717, 1.165) is 0 Å². The normalized spacial score (nSPS) is 11.7. The van der Waals surface area contributed by atoms with Gasteiger partial charge in [-0.1, -0.05) is 42.5 Å². The van der Waals surface area contributed by atoms with Gasteiger partial charge in [-0.25, -0.2) is 4.98 Å². The minimum Gasteiger partial charge on any atom is -0.340 e. The highest BCUT2D eigenvalue weighted by Gasteiger charge is 2.25. The summed E-state index contributed by atoms with van der Waals surface area (Å²) in [6.45, 7) is 0. The number of imidazole rings is 1. The third-order valence-corrected chi connectivity index (χ3v) is 4.72. The standard InChI is InChI=1S/C21H15N5O5/c27-21(15-8-4-5-9-18(15)26(30)31)24-19(13-6-2-1-3-7-13)20-22-16-11-10-14(25(28)29)12-17(16)23-20/h1-12,19H,(H,22,23)(H,24,27). The van der Waals surface area contributed by atoms with Crippen LogP contribution in [0.15, 0.2) is 72.8 Å². The zero-order valence-corrected chi connectivity index (χ0v) is 15.9. The van der Waals surface area contributed by atoms with Gasteiger partial charge in [0.05, 0.1) is 20.9 Å². The lowest BCUT2D eigenvalue weighted by Crippen LogP contribution is -2.30. The molecular formula is C21H15N5O5. The van der Waals surface area contributed by atoms with E-state index < -0.39 is 21.8 Å². The third-order valence-electron chi connectivity index (χ3n) is 4.72. The number of nitrogens with one attached hydrogen (secondary N) is 2. The van der Waals surface area contributed by atoms with Crippen molar-refractivity contribution in [3.05, 3.63) is 110 Å². The van der Waals surface area contributed by atoms with E-state index in [4.69, 9.17) is 0 Å². The Morgan fingerprint density at radius 2 is 1.65 bits per heavy atom. The van der Waals surface area contributed by atoms with Crippen molar-refractivity contribution >= 4 is 28.3 Å². The summed E-state index contributed by atoms with van der Waals surface area (Å²) in [6.07, 6.45) is 0. The quantitative estimate of drug-likeness (QED) is 0.360. The van der Waals surface area contributed by atoms with Crippen LogP contribution >= 0.6 is 0 Å². The molecule has 0 spiro atoms. The van der Waals surface area contributed by atoms with Crippen LogP contribution in [0.4, 0.5) is 11.4 Å². The smallest absolute Gasteiger partial charge is 0.282 e. The van der Waals surface area contributed by atoms with E-state index in [1.54, 1.807) is 30.3 Å². The summed E-state index contributed by atoms with van der Waals surface area (Å²) in [5.74, 6) is -0.304. The van der Waals surface area contributed by atoms with Crippen LogP contribution in [0.2, 0.25) is 0 Å². The van der Waals surface area contributed by atoms with Crippen LogP contribution in [0.1, 0.15) is 27.8 Å². The number of nitrogens with zero attached hydrogens (tertiary/aromatic N) is 3. The molecule has 0 aliphatic rings. The van der Waals surface area contributed by atoms with Crippen molar-refractivity contribution in [1.29, 1.82) is 0 Å². The molecule has 0 saturated heterocycles. The Kier molecular flexibility index (Phi) is 5.10. The van der Waals surface area contributed by atoms with Gasteiger partial charge in [0.25, 0.3) is 17.3 Å². The summed E-state index contributed by atoms with van der Waals surface area (Å²) in [4.78, 5) is 41.7. The summed E-state index contributed by atoms with van der Waals surface area (Å²) < 4.78 is 0. The van der Waals surface area contributed by atoms with Gasteiger partial charge in [0.15, 0.2) is 0 Å².